The fourth-order valence-corrected chi connectivity index (χ4v) is 1.85. The molecule has 6 nitrogen and oxygen atoms in total. The van der Waals surface area contributed by atoms with Crippen molar-refractivity contribution in [3.05, 3.63) is 0 Å². The first-order chi connectivity index (χ1) is 7.83. The Morgan fingerprint density at radius 3 is 1.59 bits per heavy atom. The molecule has 0 bridgehead atoms. The molecule has 0 aliphatic rings. The summed E-state index contributed by atoms with van der Waals surface area (Å²) in [5.41, 5.74) is 0. The van der Waals surface area contributed by atoms with Gasteiger partial charge in [0.2, 0.25) is 7.37 Å². The van der Waals surface area contributed by atoms with Crippen molar-refractivity contribution in [2.45, 2.75) is 0 Å². The van der Waals surface area contributed by atoms with E-state index in [4.69, 9.17) is 9.47 Å². The summed E-state index contributed by atoms with van der Waals surface area (Å²) in [6.45, 7) is 2.38. The van der Waals surface area contributed by atoms with Gasteiger partial charge in [-0.15, -0.1) is 0 Å². The Morgan fingerprint density at radius 2 is 1.29 bits per heavy atom. The Morgan fingerprint density at radius 1 is 0.941 bits per heavy atom. The fraction of sp³-hybridized carbons (Fsp3) is 1.00. The summed E-state index contributed by atoms with van der Waals surface area (Å²) in [6, 6.07) is 0. The largest absolute Gasteiger partial charge is 0.370 e. The maximum Gasteiger partial charge on any atom is 0.250 e. The van der Waals surface area contributed by atoms with E-state index in [0.29, 0.717) is 13.2 Å². The first-order valence-corrected chi connectivity index (χ1v) is 7.62. The molecule has 0 radical (unpaired) electrons. The lowest BCUT2D eigenvalue weighted by molar-refractivity contribution is 0.126. The molecule has 0 heterocycles. The van der Waals surface area contributed by atoms with Crippen molar-refractivity contribution >= 4 is 7.37 Å². The summed E-state index contributed by atoms with van der Waals surface area (Å²) in [6.07, 6.45) is -0.272. The van der Waals surface area contributed by atoms with E-state index in [1.807, 2.05) is 38.0 Å². The standard InChI is InChI=1S/C10H25N2O4P/c1-11(2)5-7-15-9-17(13,14)10-16-8-6-12(3)4/h5-10H2,1-4H3,(H,13,14). The zero-order chi connectivity index (χ0) is 13.3. The summed E-state index contributed by atoms with van der Waals surface area (Å²) in [5.74, 6) is 0. The van der Waals surface area contributed by atoms with Gasteiger partial charge in [0.15, 0.2) is 0 Å². The SMILES string of the molecule is CN(C)CCOCP(=O)(O)COCCN(C)C. The van der Waals surface area contributed by atoms with Crippen LogP contribution >= 0.6 is 7.37 Å². The second-order valence-electron chi connectivity index (χ2n) is 4.53. The summed E-state index contributed by atoms with van der Waals surface area (Å²) < 4.78 is 21.9. The number of rotatable bonds is 10. The minimum absolute atomic E-state index is 0.136. The Bertz CT molecular complexity index is 216. The van der Waals surface area contributed by atoms with Crippen LogP contribution in [0.5, 0.6) is 0 Å². The highest BCUT2D eigenvalue weighted by Crippen LogP contribution is 2.39. The predicted octanol–water partition coefficient (Wildman–Crippen LogP) is 0.328. The normalized spacial score (nSPS) is 12.6. The molecule has 0 amide bonds. The van der Waals surface area contributed by atoms with Crippen molar-refractivity contribution in [1.82, 2.24) is 9.80 Å². The molecule has 0 fully saturated rings. The van der Waals surface area contributed by atoms with Crippen molar-refractivity contribution in [2.24, 2.45) is 0 Å². The molecule has 0 aliphatic carbocycles. The lowest BCUT2D eigenvalue weighted by Crippen LogP contribution is -2.19. The van der Waals surface area contributed by atoms with Crippen LogP contribution < -0.4 is 0 Å². The van der Waals surface area contributed by atoms with Crippen LogP contribution in [0, 0.1) is 0 Å². The Kier molecular flexibility index (Phi) is 9.04. The molecule has 0 aromatic rings. The van der Waals surface area contributed by atoms with E-state index in [1.165, 1.54) is 0 Å². The zero-order valence-electron chi connectivity index (χ0n) is 11.3. The molecule has 17 heavy (non-hydrogen) atoms. The van der Waals surface area contributed by atoms with Crippen molar-refractivity contribution in [2.75, 3.05) is 67.2 Å². The molecule has 0 saturated heterocycles. The van der Waals surface area contributed by atoms with Gasteiger partial charge in [-0.1, -0.05) is 0 Å². The maximum absolute atomic E-state index is 11.6. The van der Waals surface area contributed by atoms with Gasteiger partial charge < -0.3 is 24.2 Å². The molecule has 0 saturated carbocycles. The fourth-order valence-electron chi connectivity index (χ4n) is 0.946. The van der Waals surface area contributed by atoms with Crippen LogP contribution in [-0.2, 0) is 14.0 Å². The van der Waals surface area contributed by atoms with Gasteiger partial charge in [0, 0.05) is 13.1 Å². The van der Waals surface area contributed by atoms with E-state index < -0.39 is 7.37 Å². The molecular formula is C10H25N2O4P. The van der Waals surface area contributed by atoms with Gasteiger partial charge in [-0.25, -0.2) is 0 Å². The van der Waals surface area contributed by atoms with Crippen LogP contribution in [0.2, 0.25) is 0 Å². The number of hydrogen-bond donors (Lipinski definition) is 1. The molecular weight excluding hydrogens is 243 g/mol. The van der Waals surface area contributed by atoms with Crippen LogP contribution in [0.15, 0.2) is 0 Å². The van der Waals surface area contributed by atoms with Crippen molar-refractivity contribution in [3.8, 4) is 0 Å². The quantitative estimate of drug-likeness (QED) is 0.455. The minimum Gasteiger partial charge on any atom is -0.370 e. The predicted molar refractivity (Wildman–Crippen MR) is 68.6 cm³/mol. The third kappa shape index (κ3) is 12.3. The molecule has 0 spiro atoms. The highest BCUT2D eigenvalue weighted by molar-refractivity contribution is 7.57. The maximum atomic E-state index is 11.6. The zero-order valence-corrected chi connectivity index (χ0v) is 12.2. The average molecular weight is 268 g/mol. The Hall–Kier alpha value is 0.0300. The molecule has 7 heteroatoms. The van der Waals surface area contributed by atoms with E-state index >= 15 is 0 Å². The molecule has 0 rings (SSSR count). The van der Waals surface area contributed by atoms with Crippen LogP contribution in [0.1, 0.15) is 0 Å². The van der Waals surface area contributed by atoms with Crippen molar-refractivity contribution < 1.29 is 18.9 Å². The number of hydrogen-bond acceptors (Lipinski definition) is 5. The monoisotopic (exact) mass is 268 g/mol. The highest BCUT2D eigenvalue weighted by Gasteiger charge is 2.18. The van der Waals surface area contributed by atoms with E-state index in [2.05, 4.69) is 0 Å². The minimum atomic E-state index is -3.29. The Balaban J connectivity index is 3.55. The summed E-state index contributed by atoms with van der Waals surface area (Å²) in [7, 11) is 4.40. The molecule has 0 aromatic heterocycles. The summed E-state index contributed by atoms with van der Waals surface area (Å²) in [4.78, 5) is 13.4. The van der Waals surface area contributed by atoms with Gasteiger partial charge >= 0.3 is 0 Å². The van der Waals surface area contributed by atoms with Crippen LogP contribution in [0.25, 0.3) is 0 Å². The first-order valence-electron chi connectivity index (χ1n) is 5.59. The number of nitrogens with zero attached hydrogens (tertiary/aromatic N) is 2. The molecule has 104 valence electrons. The van der Waals surface area contributed by atoms with Gasteiger partial charge in [-0.3, -0.25) is 4.57 Å². The highest BCUT2D eigenvalue weighted by atomic mass is 31.2. The average Bonchev–Trinajstić information content (AvgIpc) is 2.19. The number of likely N-dealkylation sites (N-methyl/N-ethyl adjacent to an activating group) is 2. The van der Waals surface area contributed by atoms with Crippen LogP contribution in [-0.4, -0.2) is 81.9 Å². The third-order valence-corrected chi connectivity index (χ3v) is 3.12. The van der Waals surface area contributed by atoms with E-state index in [1.54, 1.807) is 0 Å². The van der Waals surface area contributed by atoms with Gasteiger partial charge in [0.25, 0.3) is 0 Å². The van der Waals surface area contributed by atoms with E-state index in [0.717, 1.165) is 13.1 Å². The van der Waals surface area contributed by atoms with Gasteiger partial charge in [0.05, 0.1) is 13.2 Å². The van der Waals surface area contributed by atoms with Crippen LogP contribution in [0.3, 0.4) is 0 Å². The smallest absolute Gasteiger partial charge is 0.250 e. The van der Waals surface area contributed by atoms with Crippen molar-refractivity contribution in [3.63, 3.8) is 0 Å². The molecule has 0 atom stereocenters. The van der Waals surface area contributed by atoms with Gasteiger partial charge in [-0.2, -0.15) is 0 Å². The van der Waals surface area contributed by atoms with Crippen LogP contribution in [0.4, 0.5) is 0 Å². The van der Waals surface area contributed by atoms with Gasteiger partial charge in [-0.05, 0) is 28.2 Å². The lowest BCUT2D eigenvalue weighted by Gasteiger charge is -2.15. The second-order valence-corrected chi connectivity index (χ2v) is 6.74. The summed E-state index contributed by atoms with van der Waals surface area (Å²) >= 11 is 0. The third-order valence-electron chi connectivity index (χ3n) is 1.95. The lowest BCUT2D eigenvalue weighted by atomic mass is 10.6. The summed E-state index contributed by atoms with van der Waals surface area (Å²) in [5, 5.41) is 0. The molecule has 0 unspecified atom stereocenters. The molecule has 1 N–H and O–H groups in total. The topological polar surface area (TPSA) is 62.2 Å². The first kappa shape index (κ1) is 17.0. The second kappa shape index (κ2) is 9.03. The van der Waals surface area contributed by atoms with E-state index in [-0.39, 0.29) is 12.7 Å². The molecule has 0 aliphatic heterocycles. The van der Waals surface area contributed by atoms with E-state index in [9.17, 15) is 9.46 Å². The Labute approximate surface area is 104 Å². The van der Waals surface area contributed by atoms with Gasteiger partial charge in [0.1, 0.15) is 12.7 Å². The van der Waals surface area contributed by atoms with Crippen molar-refractivity contribution in [1.29, 1.82) is 0 Å². The molecule has 0 aromatic carbocycles. The number of ether oxygens (including phenoxy) is 2.